The molecule has 1 aromatic carbocycles. The Labute approximate surface area is 104 Å². The van der Waals surface area contributed by atoms with Gasteiger partial charge in [-0.15, -0.1) is 0 Å². The summed E-state index contributed by atoms with van der Waals surface area (Å²) in [5.41, 5.74) is 7.52. The Hall–Kier alpha value is -1.02. The number of rotatable bonds is 2. The molecular weight excluding hydrogens is 210 g/mol. The van der Waals surface area contributed by atoms with E-state index in [4.69, 9.17) is 5.73 Å². The molecule has 1 aromatic rings. The zero-order valence-electron chi connectivity index (χ0n) is 10.8. The largest absolute Gasteiger partial charge is 0.508 e. The Morgan fingerprint density at radius 3 is 2.29 bits per heavy atom. The molecule has 2 rings (SSSR count). The van der Waals surface area contributed by atoms with Crippen molar-refractivity contribution < 1.29 is 5.11 Å². The van der Waals surface area contributed by atoms with E-state index in [1.54, 1.807) is 12.1 Å². The van der Waals surface area contributed by atoms with Gasteiger partial charge in [-0.3, -0.25) is 0 Å². The standard InChI is InChI=1S/C15H23NO/c1-15(2,16)14-6-4-3-5-13(14)11-7-9-12(17)10-8-11/h7-10,13-14,17H,3-6,16H2,1-2H3. The number of benzene rings is 1. The molecule has 3 N–H and O–H groups in total. The number of aromatic hydroxyl groups is 1. The molecule has 0 aromatic heterocycles. The van der Waals surface area contributed by atoms with Gasteiger partial charge >= 0.3 is 0 Å². The van der Waals surface area contributed by atoms with Gasteiger partial charge in [-0.25, -0.2) is 0 Å². The van der Waals surface area contributed by atoms with Crippen LogP contribution < -0.4 is 5.73 Å². The summed E-state index contributed by atoms with van der Waals surface area (Å²) in [5, 5.41) is 9.36. The molecular formula is C15H23NO. The molecule has 1 fully saturated rings. The maximum Gasteiger partial charge on any atom is 0.115 e. The summed E-state index contributed by atoms with van der Waals surface area (Å²) < 4.78 is 0. The quantitative estimate of drug-likeness (QED) is 0.822. The predicted octanol–water partition coefficient (Wildman–Crippen LogP) is 3.40. The zero-order chi connectivity index (χ0) is 12.5. The average Bonchev–Trinajstić information content (AvgIpc) is 2.29. The van der Waals surface area contributed by atoms with Gasteiger partial charge in [0.2, 0.25) is 0 Å². The minimum atomic E-state index is -0.122. The van der Waals surface area contributed by atoms with E-state index in [9.17, 15) is 5.11 Å². The lowest BCUT2D eigenvalue weighted by Gasteiger charge is -2.40. The maximum absolute atomic E-state index is 9.36. The molecule has 1 aliphatic rings. The summed E-state index contributed by atoms with van der Waals surface area (Å²) in [5.74, 6) is 1.43. The second kappa shape index (κ2) is 4.69. The van der Waals surface area contributed by atoms with Crippen LogP contribution in [0.25, 0.3) is 0 Å². The third kappa shape index (κ3) is 2.81. The molecule has 0 aliphatic heterocycles. The molecule has 0 radical (unpaired) electrons. The van der Waals surface area contributed by atoms with Crippen LogP contribution in [0.3, 0.4) is 0 Å². The van der Waals surface area contributed by atoms with E-state index in [1.807, 2.05) is 12.1 Å². The van der Waals surface area contributed by atoms with Gasteiger partial charge in [-0.1, -0.05) is 25.0 Å². The van der Waals surface area contributed by atoms with Crippen molar-refractivity contribution in [3.8, 4) is 5.75 Å². The lowest BCUT2D eigenvalue weighted by atomic mass is 9.68. The minimum Gasteiger partial charge on any atom is -0.508 e. The molecule has 17 heavy (non-hydrogen) atoms. The summed E-state index contributed by atoms with van der Waals surface area (Å²) in [6, 6.07) is 7.66. The van der Waals surface area contributed by atoms with Crippen molar-refractivity contribution in [1.82, 2.24) is 0 Å². The summed E-state index contributed by atoms with van der Waals surface area (Å²) >= 11 is 0. The van der Waals surface area contributed by atoms with Crippen LogP contribution in [-0.2, 0) is 0 Å². The summed E-state index contributed by atoms with van der Waals surface area (Å²) in [6.45, 7) is 4.27. The van der Waals surface area contributed by atoms with Gasteiger partial charge in [0.1, 0.15) is 5.75 Å². The molecule has 0 bridgehead atoms. The van der Waals surface area contributed by atoms with Gasteiger partial charge in [0.15, 0.2) is 0 Å². The van der Waals surface area contributed by atoms with Gasteiger partial charge in [0.05, 0.1) is 0 Å². The first-order chi connectivity index (χ1) is 7.98. The predicted molar refractivity (Wildman–Crippen MR) is 71.1 cm³/mol. The first kappa shape index (κ1) is 12.4. The molecule has 2 nitrogen and oxygen atoms in total. The van der Waals surface area contributed by atoms with Gasteiger partial charge in [0, 0.05) is 5.54 Å². The van der Waals surface area contributed by atoms with Crippen LogP contribution in [0, 0.1) is 5.92 Å². The Bertz CT molecular complexity index is 364. The summed E-state index contributed by atoms with van der Waals surface area (Å²) in [7, 11) is 0. The van der Waals surface area contributed by atoms with Gasteiger partial charge in [-0.2, -0.15) is 0 Å². The fourth-order valence-electron chi connectivity index (χ4n) is 3.14. The molecule has 0 heterocycles. The fourth-order valence-corrected chi connectivity index (χ4v) is 3.14. The Morgan fingerprint density at radius 1 is 1.12 bits per heavy atom. The normalized spacial score (nSPS) is 25.8. The second-order valence-electron chi connectivity index (χ2n) is 5.91. The number of phenolic OH excluding ortho intramolecular Hbond substituents is 1. The maximum atomic E-state index is 9.36. The SMILES string of the molecule is CC(C)(N)C1CCCCC1c1ccc(O)cc1. The van der Waals surface area contributed by atoms with Crippen molar-refractivity contribution in [3.05, 3.63) is 29.8 Å². The van der Waals surface area contributed by atoms with E-state index < -0.39 is 0 Å². The van der Waals surface area contributed by atoms with Crippen molar-refractivity contribution in [2.75, 3.05) is 0 Å². The Balaban J connectivity index is 2.25. The molecule has 2 heteroatoms. The minimum absolute atomic E-state index is 0.122. The summed E-state index contributed by atoms with van der Waals surface area (Å²) in [6.07, 6.45) is 5.02. The van der Waals surface area contributed by atoms with Crippen LogP contribution in [0.5, 0.6) is 5.75 Å². The van der Waals surface area contributed by atoms with Crippen LogP contribution in [0.4, 0.5) is 0 Å². The average molecular weight is 233 g/mol. The highest BCUT2D eigenvalue weighted by Gasteiger charge is 2.35. The van der Waals surface area contributed by atoms with Gasteiger partial charge < -0.3 is 10.8 Å². The van der Waals surface area contributed by atoms with Crippen molar-refractivity contribution in [1.29, 1.82) is 0 Å². The van der Waals surface area contributed by atoms with E-state index in [2.05, 4.69) is 13.8 Å². The zero-order valence-corrected chi connectivity index (χ0v) is 10.8. The van der Waals surface area contributed by atoms with Crippen LogP contribution in [0.1, 0.15) is 51.0 Å². The molecule has 0 spiro atoms. The molecule has 0 saturated heterocycles. The van der Waals surface area contributed by atoms with Crippen LogP contribution in [0.2, 0.25) is 0 Å². The van der Waals surface area contributed by atoms with Gasteiger partial charge in [0.25, 0.3) is 0 Å². The first-order valence-corrected chi connectivity index (χ1v) is 6.56. The fraction of sp³-hybridized carbons (Fsp3) is 0.600. The highest BCUT2D eigenvalue weighted by Crippen LogP contribution is 2.42. The van der Waals surface area contributed by atoms with Crippen LogP contribution >= 0.6 is 0 Å². The first-order valence-electron chi connectivity index (χ1n) is 6.56. The smallest absolute Gasteiger partial charge is 0.115 e. The van der Waals surface area contributed by atoms with E-state index in [0.717, 1.165) is 0 Å². The van der Waals surface area contributed by atoms with Crippen LogP contribution in [-0.4, -0.2) is 10.6 Å². The number of hydrogen-bond donors (Lipinski definition) is 2. The highest BCUT2D eigenvalue weighted by molar-refractivity contribution is 5.29. The van der Waals surface area contributed by atoms with Crippen molar-refractivity contribution >= 4 is 0 Å². The van der Waals surface area contributed by atoms with Crippen LogP contribution in [0.15, 0.2) is 24.3 Å². The van der Waals surface area contributed by atoms with E-state index in [0.29, 0.717) is 17.6 Å². The summed E-state index contributed by atoms with van der Waals surface area (Å²) in [4.78, 5) is 0. The van der Waals surface area contributed by atoms with E-state index in [-0.39, 0.29) is 5.54 Å². The van der Waals surface area contributed by atoms with Gasteiger partial charge in [-0.05, 0) is 56.2 Å². The topological polar surface area (TPSA) is 46.2 Å². The Kier molecular flexibility index (Phi) is 3.43. The highest BCUT2D eigenvalue weighted by atomic mass is 16.3. The van der Waals surface area contributed by atoms with Crippen molar-refractivity contribution in [2.45, 2.75) is 51.0 Å². The third-order valence-electron chi connectivity index (χ3n) is 4.04. The second-order valence-corrected chi connectivity index (χ2v) is 5.91. The van der Waals surface area contributed by atoms with Crippen molar-refractivity contribution in [3.63, 3.8) is 0 Å². The van der Waals surface area contributed by atoms with E-state index in [1.165, 1.54) is 31.2 Å². The molecule has 94 valence electrons. The number of phenols is 1. The third-order valence-corrected chi connectivity index (χ3v) is 4.04. The number of hydrogen-bond acceptors (Lipinski definition) is 2. The molecule has 2 atom stereocenters. The molecule has 1 saturated carbocycles. The molecule has 2 unspecified atom stereocenters. The molecule has 0 amide bonds. The number of nitrogens with two attached hydrogens (primary N) is 1. The lowest BCUT2D eigenvalue weighted by molar-refractivity contribution is 0.205. The van der Waals surface area contributed by atoms with Crippen molar-refractivity contribution in [2.24, 2.45) is 11.7 Å². The Morgan fingerprint density at radius 2 is 1.71 bits per heavy atom. The monoisotopic (exact) mass is 233 g/mol. The van der Waals surface area contributed by atoms with E-state index >= 15 is 0 Å². The lowest BCUT2D eigenvalue weighted by Crippen LogP contribution is -2.45. The molecule has 1 aliphatic carbocycles.